The fourth-order valence-corrected chi connectivity index (χ4v) is 3.08. The Morgan fingerprint density at radius 2 is 1.59 bits per heavy atom. The highest BCUT2D eigenvalue weighted by molar-refractivity contribution is 5.99. The van der Waals surface area contributed by atoms with Gasteiger partial charge >= 0.3 is 0 Å². The molecule has 3 heteroatoms. The zero-order valence-electron chi connectivity index (χ0n) is 16.4. The van der Waals surface area contributed by atoms with Crippen molar-refractivity contribution < 1.29 is 4.79 Å². The average Bonchev–Trinajstić information content (AvgIpc) is 2.66. The van der Waals surface area contributed by atoms with E-state index in [-0.39, 0.29) is 11.3 Å². The molecule has 3 aromatic carbocycles. The van der Waals surface area contributed by atoms with Gasteiger partial charge in [-0.2, -0.15) is 5.10 Å². The molecule has 0 aliphatic heterocycles. The predicted molar refractivity (Wildman–Crippen MR) is 113 cm³/mol. The fraction of sp³-hybridized carbons (Fsp3) is 0.250. The van der Waals surface area contributed by atoms with Crippen LogP contribution in [0.5, 0.6) is 0 Å². The van der Waals surface area contributed by atoms with Gasteiger partial charge in [0.2, 0.25) is 5.91 Å². The molecule has 0 aliphatic rings. The van der Waals surface area contributed by atoms with E-state index in [0.717, 1.165) is 27.6 Å². The Kier molecular flexibility index (Phi) is 5.41. The Hall–Kier alpha value is -2.94. The summed E-state index contributed by atoms with van der Waals surface area (Å²) in [6.07, 6.45) is 0.307. The molecule has 0 fully saturated rings. The van der Waals surface area contributed by atoms with Gasteiger partial charge in [-0.3, -0.25) is 4.79 Å². The van der Waals surface area contributed by atoms with Crippen LogP contribution in [0, 0.1) is 0 Å². The van der Waals surface area contributed by atoms with E-state index in [1.165, 1.54) is 5.56 Å². The van der Waals surface area contributed by atoms with E-state index in [1.807, 2.05) is 37.3 Å². The average molecular weight is 358 g/mol. The minimum absolute atomic E-state index is 0.114. The summed E-state index contributed by atoms with van der Waals surface area (Å²) < 4.78 is 0. The third-order valence-corrected chi connectivity index (χ3v) is 4.75. The molecular weight excluding hydrogens is 332 g/mol. The molecule has 3 nitrogen and oxygen atoms in total. The van der Waals surface area contributed by atoms with Crippen LogP contribution in [0.25, 0.3) is 10.8 Å². The topological polar surface area (TPSA) is 41.5 Å². The summed E-state index contributed by atoms with van der Waals surface area (Å²) in [6.45, 7) is 8.48. The summed E-state index contributed by atoms with van der Waals surface area (Å²) in [5.74, 6) is -0.114. The first-order chi connectivity index (χ1) is 12.8. The molecule has 0 atom stereocenters. The second kappa shape index (κ2) is 7.75. The molecule has 3 aromatic rings. The number of rotatable bonds is 4. The quantitative estimate of drug-likeness (QED) is 0.504. The number of carbonyl (C=O) groups excluding carboxylic acids is 1. The van der Waals surface area contributed by atoms with Gasteiger partial charge in [0, 0.05) is 0 Å². The lowest BCUT2D eigenvalue weighted by Crippen LogP contribution is -2.21. The maximum absolute atomic E-state index is 12.4. The van der Waals surface area contributed by atoms with Crippen LogP contribution in [-0.4, -0.2) is 11.6 Å². The van der Waals surface area contributed by atoms with Crippen molar-refractivity contribution in [3.63, 3.8) is 0 Å². The first kappa shape index (κ1) is 18.8. The lowest BCUT2D eigenvalue weighted by Gasteiger charge is -2.19. The largest absolute Gasteiger partial charge is 0.273 e. The van der Waals surface area contributed by atoms with Gasteiger partial charge in [-0.1, -0.05) is 87.5 Å². The Labute approximate surface area is 161 Å². The number of amides is 1. The lowest BCUT2D eigenvalue weighted by atomic mass is 9.86. The summed E-state index contributed by atoms with van der Waals surface area (Å²) in [5.41, 5.74) is 6.89. The van der Waals surface area contributed by atoms with Crippen molar-refractivity contribution in [1.29, 1.82) is 0 Å². The van der Waals surface area contributed by atoms with Gasteiger partial charge in [0.1, 0.15) is 0 Å². The maximum atomic E-state index is 12.4. The summed E-state index contributed by atoms with van der Waals surface area (Å²) in [4.78, 5) is 12.4. The number of benzene rings is 3. The standard InChI is InChI=1S/C24H26N2O/c1-17(18-12-14-21(15-13-18)24(2,3)4)25-26-23(27)16-20-10-7-9-19-8-5-6-11-22(19)20/h5-15H,16H2,1-4H3,(H,26,27). The summed E-state index contributed by atoms with van der Waals surface area (Å²) >= 11 is 0. The van der Waals surface area contributed by atoms with Gasteiger partial charge < -0.3 is 0 Å². The van der Waals surface area contributed by atoms with Crippen molar-refractivity contribution in [2.45, 2.75) is 39.5 Å². The smallest absolute Gasteiger partial charge is 0.244 e. The molecule has 0 aromatic heterocycles. The molecule has 0 unspecified atom stereocenters. The van der Waals surface area contributed by atoms with E-state index in [0.29, 0.717) is 6.42 Å². The van der Waals surface area contributed by atoms with E-state index in [9.17, 15) is 4.79 Å². The zero-order chi connectivity index (χ0) is 19.4. The van der Waals surface area contributed by atoms with E-state index < -0.39 is 0 Å². The van der Waals surface area contributed by atoms with Gasteiger partial charge in [0.15, 0.2) is 0 Å². The second-order valence-electron chi connectivity index (χ2n) is 7.87. The van der Waals surface area contributed by atoms with Crippen LogP contribution in [0.15, 0.2) is 71.8 Å². The number of nitrogens with one attached hydrogen (secondary N) is 1. The maximum Gasteiger partial charge on any atom is 0.244 e. The molecule has 1 amide bonds. The molecule has 27 heavy (non-hydrogen) atoms. The van der Waals surface area contributed by atoms with E-state index >= 15 is 0 Å². The van der Waals surface area contributed by atoms with Gasteiger partial charge in [-0.25, -0.2) is 5.43 Å². The van der Waals surface area contributed by atoms with Crippen molar-refractivity contribution in [2.75, 3.05) is 0 Å². The van der Waals surface area contributed by atoms with Crippen molar-refractivity contribution in [1.82, 2.24) is 5.43 Å². The minimum atomic E-state index is -0.114. The van der Waals surface area contributed by atoms with Crippen LogP contribution in [0.4, 0.5) is 0 Å². The highest BCUT2D eigenvalue weighted by Crippen LogP contribution is 2.22. The molecule has 0 saturated carbocycles. The molecule has 0 heterocycles. The Morgan fingerprint density at radius 3 is 2.30 bits per heavy atom. The first-order valence-electron chi connectivity index (χ1n) is 9.25. The van der Waals surface area contributed by atoms with Crippen LogP contribution in [-0.2, 0) is 16.6 Å². The minimum Gasteiger partial charge on any atom is -0.273 e. The Bertz CT molecular complexity index is 974. The number of hydrogen-bond acceptors (Lipinski definition) is 2. The molecule has 1 N–H and O–H groups in total. The van der Waals surface area contributed by atoms with Gasteiger partial charge in [0.25, 0.3) is 0 Å². The van der Waals surface area contributed by atoms with Crippen molar-refractivity contribution in [3.05, 3.63) is 83.4 Å². The number of hydrogen-bond donors (Lipinski definition) is 1. The van der Waals surface area contributed by atoms with Crippen LogP contribution in [0.3, 0.4) is 0 Å². The Morgan fingerprint density at radius 1 is 0.926 bits per heavy atom. The van der Waals surface area contributed by atoms with Crippen molar-refractivity contribution in [2.24, 2.45) is 5.10 Å². The summed E-state index contributed by atoms with van der Waals surface area (Å²) in [5, 5.41) is 6.52. The van der Waals surface area contributed by atoms with Gasteiger partial charge in [0.05, 0.1) is 12.1 Å². The van der Waals surface area contributed by atoms with Crippen LogP contribution in [0.1, 0.15) is 44.4 Å². The molecule has 0 spiro atoms. The lowest BCUT2D eigenvalue weighted by molar-refractivity contribution is -0.120. The fourth-order valence-electron chi connectivity index (χ4n) is 3.08. The van der Waals surface area contributed by atoms with E-state index in [2.05, 4.69) is 67.7 Å². The molecular formula is C24H26N2O. The normalized spacial score (nSPS) is 12.2. The summed E-state index contributed by atoms with van der Waals surface area (Å²) in [6, 6.07) is 22.5. The molecule has 0 aliphatic carbocycles. The molecule has 0 saturated heterocycles. The monoisotopic (exact) mass is 358 g/mol. The molecule has 0 bridgehead atoms. The number of nitrogens with zero attached hydrogens (tertiary/aromatic N) is 1. The van der Waals surface area contributed by atoms with Gasteiger partial charge in [-0.15, -0.1) is 0 Å². The summed E-state index contributed by atoms with van der Waals surface area (Å²) in [7, 11) is 0. The van der Waals surface area contributed by atoms with Crippen LogP contribution in [0.2, 0.25) is 0 Å². The van der Waals surface area contributed by atoms with Gasteiger partial charge in [-0.05, 0) is 39.8 Å². The SMILES string of the molecule is CC(=NNC(=O)Cc1cccc2ccccc12)c1ccc(C(C)(C)C)cc1. The molecule has 3 rings (SSSR count). The van der Waals surface area contributed by atoms with Crippen molar-refractivity contribution in [3.8, 4) is 0 Å². The highest BCUT2D eigenvalue weighted by Gasteiger charge is 2.13. The number of fused-ring (bicyclic) bond motifs is 1. The van der Waals surface area contributed by atoms with Crippen LogP contribution >= 0.6 is 0 Å². The number of carbonyl (C=O) groups is 1. The third-order valence-electron chi connectivity index (χ3n) is 4.75. The van der Waals surface area contributed by atoms with E-state index in [1.54, 1.807) is 0 Å². The molecule has 0 radical (unpaired) electrons. The highest BCUT2D eigenvalue weighted by atomic mass is 16.2. The van der Waals surface area contributed by atoms with Crippen molar-refractivity contribution >= 4 is 22.4 Å². The number of hydrazone groups is 1. The Balaban J connectivity index is 1.69. The first-order valence-corrected chi connectivity index (χ1v) is 9.25. The third kappa shape index (κ3) is 4.62. The van der Waals surface area contributed by atoms with E-state index in [4.69, 9.17) is 0 Å². The second-order valence-corrected chi connectivity index (χ2v) is 7.87. The zero-order valence-corrected chi connectivity index (χ0v) is 16.4. The molecule has 138 valence electrons. The predicted octanol–water partition coefficient (Wildman–Crippen LogP) is 5.22. The van der Waals surface area contributed by atoms with Crippen LogP contribution < -0.4 is 5.43 Å².